The van der Waals surface area contributed by atoms with Crippen molar-refractivity contribution < 1.29 is 9.59 Å². The zero-order chi connectivity index (χ0) is 12.3. The number of nitrogens with one attached hydrogen (secondary N) is 1. The Bertz CT molecular complexity index is 583. The summed E-state index contributed by atoms with van der Waals surface area (Å²) in [7, 11) is 0. The molecule has 2 fully saturated rings. The number of hydrogen-bond donors (Lipinski definition) is 1. The number of benzene rings is 1. The monoisotopic (exact) mass is 257 g/mol. The third-order valence-corrected chi connectivity index (χ3v) is 5.83. The summed E-state index contributed by atoms with van der Waals surface area (Å²) in [4.78, 5) is 23.9. The number of hydrogen-bond acceptors (Lipinski definition) is 3. The van der Waals surface area contributed by atoms with Gasteiger partial charge in [-0.1, -0.05) is 42.5 Å². The number of amides is 2. The Hall–Kier alpha value is -1.55. The number of imide groups is 1. The molecule has 2 amide bonds. The standard InChI is InChI=1S/C14H11NO2S/c16-12-10-9-6-7-14(18-9,11(10)13(17)15-12)8-4-2-1-3-5-8/h1-7,9-11H,(H,15,16,17). The summed E-state index contributed by atoms with van der Waals surface area (Å²) in [5, 5.41) is 2.62. The molecule has 3 heterocycles. The van der Waals surface area contributed by atoms with Gasteiger partial charge in [-0.15, -0.1) is 11.8 Å². The van der Waals surface area contributed by atoms with Crippen LogP contribution in [0.4, 0.5) is 0 Å². The third-order valence-electron chi connectivity index (χ3n) is 4.10. The Morgan fingerprint density at radius 3 is 2.67 bits per heavy atom. The van der Waals surface area contributed by atoms with Gasteiger partial charge < -0.3 is 0 Å². The highest BCUT2D eigenvalue weighted by molar-refractivity contribution is 8.01. The number of rotatable bonds is 1. The molecule has 2 saturated heterocycles. The molecule has 3 aliphatic heterocycles. The molecule has 0 aromatic heterocycles. The SMILES string of the molecule is O=C1NC(=O)C2C1C1C=CC2(c2ccccc2)S1. The summed E-state index contributed by atoms with van der Waals surface area (Å²) in [6.07, 6.45) is 4.19. The van der Waals surface area contributed by atoms with E-state index >= 15 is 0 Å². The van der Waals surface area contributed by atoms with Crippen LogP contribution in [0.2, 0.25) is 0 Å². The molecule has 4 atom stereocenters. The predicted octanol–water partition coefficient (Wildman–Crippen LogP) is 1.46. The first kappa shape index (κ1) is 10.4. The van der Waals surface area contributed by atoms with E-state index in [0.717, 1.165) is 5.56 Å². The second-order valence-electron chi connectivity index (χ2n) is 4.96. The molecule has 18 heavy (non-hydrogen) atoms. The first-order chi connectivity index (χ1) is 8.72. The van der Waals surface area contributed by atoms with Gasteiger partial charge in [0.05, 0.1) is 16.6 Å². The maximum Gasteiger partial charge on any atom is 0.232 e. The molecule has 4 rings (SSSR count). The minimum absolute atomic E-state index is 0.107. The first-order valence-electron chi connectivity index (χ1n) is 6.00. The van der Waals surface area contributed by atoms with E-state index in [0.29, 0.717) is 0 Å². The van der Waals surface area contributed by atoms with Gasteiger partial charge in [0, 0.05) is 5.25 Å². The molecule has 1 N–H and O–H groups in total. The molecular formula is C14H11NO2S. The highest BCUT2D eigenvalue weighted by Gasteiger charge is 2.64. The average Bonchev–Trinajstić information content (AvgIpc) is 3.03. The molecule has 3 nitrogen and oxygen atoms in total. The molecule has 3 aliphatic rings. The Balaban J connectivity index is 1.90. The largest absolute Gasteiger partial charge is 0.296 e. The minimum Gasteiger partial charge on any atom is -0.296 e. The lowest BCUT2D eigenvalue weighted by Gasteiger charge is -2.29. The van der Waals surface area contributed by atoms with Gasteiger partial charge in [0.1, 0.15) is 0 Å². The van der Waals surface area contributed by atoms with E-state index in [2.05, 4.69) is 17.5 Å². The molecule has 4 unspecified atom stereocenters. The molecular weight excluding hydrogens is 246 g/mol. The van der Waals surface area contributed by atoms with Crippen molar-refractivity contribution in [2.45, 2.75) is 10.00 Å². The lowest BCUT2D eigenvalue weighted by atomic mass is 9.74. The summed E-state index contributed by atoms with van der Waals surface area (Å²) in [6, 6.07) is 10.0. The van der Waals surface area contributed by atoms with Gasteiger partial charge in [-0.2, -0.15) is 0 Å². The van der Waals surface area contributed by atoms with Crippen molar-refractivity contribution in [2.24, 2.45) is 11.8 Å². The van der Waals surface area contributed by atoms with E-state index < -0.39 is 0 Å². The molecule has 0 aliphatic carbocycles. The van der Waals surface area contributed by atoms with Crippen LogP contribution in [0.1, 0.15) is 5.56 Å². The van der Waals surface area contributed by atoms with Crippen molar-refractivity contribution in [1.82, 2.24) is 5.32 Å². The average molecular weight is 257 g/mol. The van der Waals surface area contributed by atoms with E-state index in [4.69, 9.17) is 0 Å². The van der Waals surface area contributed by atoms with Crippen LogP contribution in [0.25, 0.3) is 0 Å². The maximum absolute atomic E-state index is 12.1. The van der Waals surface area contributed by atoms with Crippen LogP contribution < -0.4 is 5.32 Å². The Kier molecular flexibility index (Phi) is 1.88. The van der Waals surface area contributed by atoms with E-state index in [1.807, 2.05) is 30.3 Å². The fourth-order valence-electron chi connectivity index (χ4n) is 3.35. The van der Waals surface area contributed by atoms with Crippen molar-refractivity contribution in [3.05, 3.63) is 48.0 Å². The normalized spacial score (nSPS) is 40.1. The van der Waals surface area contributed by atoms with Crippen molar-refractivity contribution in [3.8, 4) is 0 Å². The van der Waals surface area contributed by atoms with Crippen LogP contribution in [0, 0.1) is 11.8 Å². The van der Waals surface area contributed by atoms with Gasteiger partial charge in [0.2, 0.25) is 11.8 Å². The smallest absolute Gasteiger partial charge is 0.232 e. The van der Waals surface area contributed by atoms with Gasteiger partial charge in [-0.05, 0) is 5.56 Å². The molecule has 0 saturated carbocycles. The van der Waals surface area contributed by atoms with Gasteiger partial charge in [0.15, 0.2) is 0 Å². The second-order valence-corrected chi connectivity index (χ2v) is 6.41. The summed E-state index contributed by atoms with van der Waals surface area (Å²) in [6.45, 7) is 0. The first-order valence-corrected chi connectivity index (χ1v) is 6.88. The zero-order valence-electron chi connectivity index (χ0n) is 9.50. The van der Waals surface area contributed by atoms with Gasteiger partial charge in [0.25, 0.3) is 0 Å². The highest BCUT2D eigenvalue weighted by atomic mass is 32.2. The molecule has 0 spiro atoms. The lowest BCUT2D eigenvalue weighted by molar-refractivity contribution is -0.126. The van der Waals surface area contributed by atoms with Gasteiger partial charge >= 0.3 is 0 Å². The summed E-state index contributed by atoms with van der Waals surface area (Å²) in [5.41, 5.74) is 1.12. The van der Waals surface area contributed by atoms with Crippen molar-refractivity contribution in [2.75, 3.05) is 0 Å². The van der Waals surface area contributed by atoms with Gasteiger partial charge in [-0.25, -0.2) is 0 Å². The number of thioether (sulfide) groups is 1. The van der Waals surface area contributed by atoms with E-state index in [1.54, 1.807) is 11.8 Å². The zero-order valence-corrected chi connectivity index (χ0v) is 10.3. The fraction of sp³-hybridized carbons (Fsp3) is 0.286. The van der Waals surface area contributed by atoms with E-state index in [1.165, 1.54) is 0 Å². The van der Waals surface area contributed by atoms with Crippen molar-refractivity contribution >= 4 is 23.6 Å². The number of carbonyl (C=O) groups is 2. The van der Waals surface area contributed by atoms with Crippen LogP contribution >= 0.6 is 11.8 Å². The third kappa shape index (κ3) is 1.07. The Labute approximate surface area is 109 Å². The van der Waals surface area contributed by atoms with Gasteiger partial charge in [-0.3, -0.25) is 14.9 Å². The fourth-order valence-corrected chi connectivity index (χ4v) is 5.22. The quantitative estimate of drug-likeness (QED) is 0.612. The van der Waals surface area contributed by atoms with Crippen molar-refractivity contribution in [1.29, 1.82) is 0 Å². The van der Waals surface area contributed by atoms with Crippen molar-refractivity contribution in [3.63, 3.8) is 0 Å². The molecule has 1 aromatic rings. The van der Waals surface area contributed by atoms with Crippen LogP contribution in [0.5, 0.6) is 0 Å². The number of carbonyl (C=O) groups excluding carboxylic acids is 2. The summed E-state index contributed by atoms with van der Waals surface area (Å²) < 4.78 is -0.340. The van der Waals surface area contributed by atoms with Crippen LogP contribution in [0.15, 0.2) is 42.5 Å². The molecule has 2 bridgehead atoms. The molecule has 90 valence electrons. The van der Waals surface area contributed by atoms with E-state index in [-0.39, 0.29) is 33.6 Å². The topological polar surface area (TPSA) is 46.2 Å². The Morgan fingerprint density at radius 1 is 1.11 bits per heavy atom. The lowest BCUT2D eigenvalue weighted by Crippen LogP contribution is -2.34. The van der Waals surface area contributed by atoms with Crippen LogP contribution in [-0.2, 0) is 14.3 Å². The molecule has 1 aromatic carbocycles. The minimum atomic E-state index is -0.340. The predicted molar refractivity (Wildman–Crippen MR) is 68.8 cm³/mol. The maximum atomic E-state index is 12.1. The molecule has 4 heteroatoms. The molecule has 0 radical (unpaired) electrons. The van der Waals surface area contributed by atoms with E-state index in [9.17, 15) is 9.59 Å². The Morgan fingerprint density at radius 2 is 1.89 bits per heavy atom. The second kappa shape index (κ2) is 3.26. The van der Waals surface area contributed by atoms with Crippen LogP contribution in [0.3, 0.4) is 0 Å². The van der Waals surface area contributed by atoms with Crippen LogP contribution in [-0.4, -0.2) is 17.1 Å². The number of fused-ring (bicyclic) bond motifs is 5. The summed E-state index contributed by atoms with van der Waals surface area (Å²) >= 11 is 1.74. The highest BCUT2D eigenvalue weighted by Crippen LogP contribution is 2.63. The summed E-state index contributed by atoms with van der Waals surface area (Å²) in [5.74, 6) is -0.655.